The summed E-state index contributed by atoms with van der Waals surface area (Å²) in [4.78, 5) is 7.84. The molecular weight excluding hydrogens is 262 g/mol. The number of thiocarbonyl (C=S) groups is 2. The van der Waals surface area contributed by atoms with Crippen LogP contribution in [0.1, 0.15) is 29.6 Å². The summed E-state index contributed by atoms with van der Waals surface area (Å²) in [6.07, 6.45) is 0.478. The maximum Gasteiger partial charge on any atom is 0.159 e. The van der Waals surface area contributed by atoms with Gasteiger partial charge >= 0.3 is 0 Å². The lowest BCUT2D eigenvalue weighted by molar-refractivity contribution is 0.505. The lowest BCUT2D eigenvalue weighted by atomic mass is 10.1. The standard InChI is InChI=1S/C11H6F2N2S2/c12-8-1-6-7(2-9(8)13)11(15-5-17)3-10(6)14-4-16/h1-2,10-11H,3H2. The lowest BCUT2D eigenvalue weighted by Crippen LogP contribution is -1.94. The van der Waals surface area contributed by atoms with E-state index in [1.807, 2.05) is 0 Å². The Morgan fingerprint density at radius 2 is 1.41 bits per heavy atom. The number of aliphatic imine (C=N–C) groups is 2. The quantitative estimate of drug-likeness (QED) is 0.604. The van der Waals surface area contributed by atoms with E-state index >= 15 is 0 Å². The lowest BCUT2D eigenvalue weighted by Gasteiger charge is -2.04. The van der Waals surface area contributed by atoms with Gasteiger partial charge in [-0.3, -0.25) is 0 Å². The molecule has 1 aliphatic carbocycles. The summed E-state index contributed by atoms with van der Waals surface area (Å²) < 4.78 is 26.3. The van der Waals surface area contributed by atoms with Gasteiger partial charge in [-0.15, -0.1) is 0 Å². The molecule has 2 unspecified atom stereocenters. The van der Waals surface area contributed by atoms with Gasteiger partial charge in [0.05, 0.1) is 22.4 Å². The van der Waals surface area contributed by atoms with Gasteiger partial charge in [0.1, 0.15) is 0 Å². The van der Waals surface area contributed by atoms with Gasteiger partial charge in [0.2, 0.25) is 0 Å². The van der Waals surface area contributed by atoms with Gasteiger partial charge in [-0.25, -0.2) is 18.8 Å². The highest BCUT2D eigenvalue weighted by Gasteiger charge is 2.32. The van der Waals surface area contributed by atoms with E-state index in [1.54, 1.807) is 0 Å². The molecule has 0 aliphatic heterocycles. The summed E-state index contributed by atoms with van der Waals surface area (Å²) in [5, 5.41) is 4.50. The third kappa shape index (κ3) is 2.21. The Kier molecular flexibility index (Phi) is 3.50. The van der Waals surface area contributed by atoms with Crippen molar-refractivity contribution in [3.8, 4) is 0 Å². The SMILES string of the molecule is Fc1cc2c(cc1F)C(N=C=S)CC2N=C=S. The molecule has 0 bridgehead atoms. The molecule has 17 heavy (non-hydrogen) atoms. The molecule has 0 amide bonds. The van der Waals surface area contributed by atoms with E-state index in [9.17, 15) is 8.78 Å². The number of rotatable bonds is 2. The molecule has 1 aromatic rings. The van der Waals surface area contributed by atoms with Crippen molar-refractivity contribution < 1.29 is 8.78 Å². The molecular formula is C11H6F2N2S2. The first-order valence-corrected chi connectivity index (χ1v) is 5.61. The van der Waals surface area contributed by atoms with Crippen LogP contribution in [0.25, 0.3) is 0 Å². The van der Waals surface area contributed by atoms with E-state index in [1.165, 1.54) is 0 Å². The Morgan fingerprint density at radius 1 is 1.00 bits per heavy atom. The Hall–Kier alpha value is -1.32. The number of nitrogens with zero attached hydrogens (tertiary/aromatic N) is 2. The van der Waals surface area contributed by atoms with Crippen LogP contribution in [0.15, 0.2) is 22.1 Å². The first-order chi connectivity index (χ1) is 8.17. The Bertz CT molecular complexity index is 512. The van der Waals surface area contributed by atoms with Gasteiger partial charge in [0.25, 0.3) is 0 Å². The Labute approximate surface area is 107 Å². The second-order valence-electron chi connectivity index (χ2n) is 3.60. The highest BCUT2D eigenvalue weighted by atomic mass is 32.1. The van der Waals surface area contributed by atoms with E-state index < -0.39 is 11.6 Å². The summed E-state index contributed by atoms with van der Waals surface area (Å²) in [5.74, 6) is -1.80. The van der Waals surface area contributed by atoms with Gasteiger partial charge in [-0.05, 0) is 47.7 Å². The Balaban J connectivity index is 2.57. The van der Waals surface area contributed by atoms with E-state index in [0.717, 1.165) is 12.1 Å². The van der Waals surface area contributed by atoms with Crippen molar-refractivity contribution >= 4 is 34.8 Å². The normalized spacial score (nSPS) is 21.3. The average Bonchev–Trinajstić information content (AvgIpc) is 2.60. The van der Waals surface area contributed by atoms with Crippen molar-refractivity contribution in [2.24, 2.45) is 9.98 Å². The minimum Gasteiger partial charge on any atom is -0.224 e. The van der Waals surface area contributed by atoms with Crippen LogP contribution in [0, 0.1) is 11.6 Å². The first kappa shape index (κ1) is 12.1. The predicted molar refractivity (Wildman–Crippen MR) is 66.5 cm³/mol. The molecule has 2 nitrogen and oxygen atoms in total. The van der Waals surface area contributed by atoms with E-state index in [-0.39, 0.29) is 12.1 Å². The van der Waals surface area contributed by atoms with Crippen LogP contribution in [-0.4, -0.2) is 10.3 Å². The molecule has 0 N–H and O–H groups in total. The second-order valence-corrected chi connectivity index (χ2v) is 3.97. The third-order valence-corrected chi connectivity index (χ3v) is 2.92. The van der Waals surface area contributed by atoms with Gasteiger partial charge in [-0.2, -0.15) is 0 Å². The van der Waals surface area contributed by atoms with Crippen LogP contribution < -0.4 is 0 Å². The van der Waals surface area contributed by atoms with E-state index in [0.29, 0.717) is 17.5 Å². The van der Waals surface area contributed by atoms with Crippen molar-refractivity contribution in [1.82, 2.24) is 0 Å². The molecule has 0 aromatic heterocycles. The number of halogens is 2. The van der Waals surface area contributed by atoms with Crippen LogP contribution in [0.2, 0.25) is 0 Å². The molecule has 86 valence electrons. The molecule has 0 fully saturated rings. The summed E-state index contributed by atoms with van der Waals surface area (Å²) in [6, 6.07) is 1.58. The smallest absolute Gasteiger partial charge is 0.159 e. The highest BCUT2D eigenvalue weighted by molar-refractivity contribution is 7.78. The van der Waals surface area contributed by atoms with Crippen molar-refractivity contribution in [2.45, 2.75) is 18.5 Å². The Morgan fingerprint density at radius 3 is 1.76 bits per heavy atom. The number of hydrogen-bond donors (Lipinski definition) is 0. The molecule has 0 saturated carbocycles. The van der Waals surface area contributed by atoms with Crippen LogP contribution in [0.3, 0.4) is 0 Å². The van der Waals surface area contributed by atoms with Crippen molar-refractivity contribution in [2.75, 3.05) is 0 Å². The van der Waals surface area contributed by atoms with E-state index in [2.05, 4.69) is 44.7 Å². The molecule has 2 atom stereocenters. The molecule has 0 radical (unpaired) electrons. The van der Waals surface area contributed by atoms with Gasteiger partial charge in [-0.1, -0.05) is 0 Å². The van der Waals surface area contributed by atoms with Crippen LogP contribution in [0.4, 0.5) is 8.78 Å². The van der Waals surface area contributed by atoms with Crippen LogP contribution in [0.5, 0.6) is 0 Å². The minimum absolute atomic E-state index is 0.338. The fourth-order valence-corrected chi connectivity index (χ4v) is 2.25. The van der Waals surface area contributed by atoms with Crippen molar-refractivity contribution in [3.05, 3.63) is 34.9 Å². The molecule has 0 heterocycles. The summed E-state index contributed by atoms with van der Waals surface area (Å²) >= 11 is 9.06. The molecule has 1 aliphatic rings. The second kappa shape index (κ2) is 4.90. The molecule has 6 heteroatoms. The summed E-state index contributed by atoms with van der Waals surface area (Å²) in [7, 11) is 0. The topological polar surface area (TPSA) is 24.7 Å². The van der Waals surface area contributed by atoms with E-state index in [4.69, 9.17) is 0 Å². The fraction of sp³-hybridized carbons (Fsp3) is 0.273. The zero-order chi connectivity index (χ0) is 12.4. The number of fused-ring (bicyclic) bond motifs is 1. The first-order valence-electron chi connectivity index (χ1n) is 4.80. The summed E-state index contributed by atoms with van der Waals surface area (Å²) in [5.41, 5.74) is 1.17. The molecule has 0 spiro atoms. The monoisotopic (exact) mass is 268 g/mol. The number of benzene rings is 1. The maximum atomic E-state index is 13.2. The van der Waals surface area contributed by atoms with Gasteiger partial charge in [0, 0.05) is 6.42 Å². The van der Waals surface area contributed by atoms with Crippen LogP contribution >= 0.6 is 24.4 Å². The van der Waals surface area contributed by atoms with Crippen molar-refractivity contribution in [3.63, 3.8) is 0 Å². The highest BCUT2D eigenvalue weighted by Crippen LogP contribution is 2.43. The fourth-order valence-electron chi connectivity index (χ4n) is 1.99. The van der Waals surface area contributed by atoms with Crippen molar-refractivity contribution in [1.29, 1.82) is 0 Å². The largest absolute Gasteiger partial charge is 0.224 e. The number of isothiocyanates is 2. The zero-order valence-corrected chi connectivity index (χ0v) is 10.1. The predicted octanol–water partition coefficient (Wildman–Crippen LogP) is 3.66. The molecule has 1 aromatic carbocycles. The summed E-state index contributed by atoms with van der Waals surface area (Å²) in [6.45, 7) is 0. The average molecular weight is 268 g/mol. The van der Waals surface area contributed by atoms with Gasteiger partial charge in [0.15, 0.2) is 11.6 Å². The zero-order valence-electron chi connectivity index (χ0n) is 8.48. The molecule has 2 rings (SSSR count). The third-order valence-electron chi connectivity index (χ3n) is 2.71. The van der Waals surface area contributed by atoms with Gasteiger partial charge < -0.3 is 0 Å². The maximum absolute atomic E-state index is 13.2. The molecule has 0 saturated heterocycles. The minimum atomic E-state index is -0.902. The number of hydrogen-bond acceptors (Lipinski definition) is 4. The van der Waals surface area contributed by atoms with Crippen LogP contribution in [-0.2, 0) is 0 Å².